The highest BCUT2D eigenvalue weighted by atomic mass is 19.1. The largest absolute Gasteiger partial charge is 0.483 e. The lowest BCUT2D eigenvalue weighted by Gasteiger charge is -2.26. The van der Waals surface area contributed by atoms with Gasteiger partial charge in [0.25, 0.3) is 5.91 Å². The summed E-state index contributed by atoms with van der Waals surface area (Å²) in [6, 6.07) is 4.35. The van der Waals surface area contributed by atoms with E-state index >= 15 is 0 Å². The third-order valence-electron chi connectivity index (χ3n) is 3.21. The minimum atomic E-state index is -0.346. The molecule has 1 saturated heterocycles. The summed E-state index contributed by atoms with van der Waals surface area (Å²) in [5.74, 6) is 0.0831. The first-order chi connectivity index (χ1) is 8.66. The summed E-state index contributed by atoms with van der Waals surface area (Å²) in [6.45, 7) is 3.44. The van der Waals surface area contributed by atoms with Gasteiger partial charge in [-0.1, -0.05) is 6.07 Å². The summed E-state index contributed by atoms with van der Waals surface area (Å²) in [4.78, 5) is 13.7. The zero-order valence-corrected chi connectivity index (χ0v) is 10.6. The molecule has 1 amide bonds. The first kappa shape index (κ1) is 12.9. The predicted octanol–water partition coefficient (Wildman–Crippen LogP) is 2.53. The van der Waals surface area contributed by atoms with Gasteiger partial charge < -0.3 is 9.64 Å². The number of carbonyl (C=O) groups is 1. The number of benzene rings is 1. The lowest BCUT2D eigenvalue weighted by atomic mass is 10.1. The molecule has 18 heavy (non-hydrogen) atoms. The number of carbonyl (C=O) groups excluding carboxylic acids is 1. The average molecular weight is 251 g/mol. The summed E-state index contributed by atoms with van der Waals surface area (Å²) >= 11 is 0. The van der Waals surface area contributed by atoms with E-state index in [1.807, 2.05) is 11.8 Å². The first-order valence-electron chi connectivity index (χ1n) is 6.33. The van der Waals surface area contributed by atoms with Crippen LogP contribution in [0, 0.1) is 12.7 Å². The summed E-state index contributed by atoms with van der Waals surface area (Å²) < 4.78 is 18.5. The monoisotopic (exact) mass is 251 g/mol. The van der Waals surface area contributed by atoms with Crippen molar-refractivity contribution in [1.82, 2.24) is 4.90 Å². The Bertz CT molecular complexity index is 428. The van der Waals surface area contributed by atoms with Crippen molar-refractivity contribution in [1.29, 1.82) is 0 Å². The highest BCUT2D eigenvalue weighted by molar-refractivity contribution is 5.77. The van der Waals surface area contributed by atoms with Crippen molar-refractivity contribution in [2.75, 3.05) is 19.7 Å². The van der Waals surface area contributed by atoms with Crippen LogP contribution in [-0.4, -0.2) is 30.5 Å². The molecule has 0 bridgehead atoms. The van der Waals surface area contributed by atoms with Crippen molar-refractivity contribution in [3.05, 3.63) is 29.6 Å². The third kappa shape index (κ3) is 3.22. The van der Waals surface area contributed by atoms with Gasteiger partial charge in [0.2, 0.25) is 0 Å². The second-order valence-corrected chi connectivity index (χ2v) is 4.64. The highest BCUT2D eigenvalue weighted by Crippen LogP contribution is 2.19. The van der Waals surface area contributed by atoms with Crippen LogP contribution in [0.4, 0.5) is 4.39 Å². The van der Waals surface area contributed by atoms with Crippen molar-refractivity contribution in [3.63, 3.8) is 0 Å². The van der Waals surface area contributed by atoms with E-state index in [0.29, 0.717) is 5.75 Å². The standard InChI is InChI=1S/C14H18FNO2/c1-11-5-6-12(15)9-13(11)18-10-14(17)16-7-3-2-4-8-16/h5-6,9H,2-4,7-8,10H2,1H3. The molecular weight excluding hydrogens is 233 g/mol. The van der Waals surface area contributed by atoms with E-state index in [0.717, 1.165) is 31.5 Å². The van der Waals surface area contributed by atoms with Gasteiger partial charge in [0.05, 0.1) is 0 Å². The highest BCUT2D eigenvalue weighted by Gasteiger charge is 2.17. The number of aryl methyl sites for hydroxylation is 1. The van der Waals surface area contributed by atoms with Gasteiger partial charge in [-0.15, -0.1) is 0 Å². The molecule has 0 N–H and O–H groups in total. The molecule has 0 aliphatic carbocycles. The van der Waals surface area contributed by atoms with Gasteiger partial charge in [0.1, 0.15) is 11.6 Å². The van der Waals surface area contributed by atoms with Crippen LogP contribution in [0.15, 0.2) is 18.2 Å². The molecule has 1 aromatic rings. The smallest absolute Gasteiger partial charge is 0.260 e. The molecule has 0 aromatic heterocycles. The van der Waals surface area contributed by atoms with Gasteiger partial charge in [-0.3, -0.25) is 4.79 Å². The maximum absolute atomic E-state index is 13.1. The molecule has 1 aromatic carbocycles. The van der Waals surface area contributed by atoms with Crippen LogP contribution in [0.5, 0.6) is 5.75 Å². The third-order valence-corrected chi connectivity index (χ3v) is 3.21. The van der Waals surface area contributed by atoms with Gasteiger partial charge in [-0.2, -0.15) is 0 Å². The Balaban J connectivity index is 1.90. The number of halogens is 1. The number of rotatable bonds is 3. The maximum atomic E-state index is 13.1. The Morgan fingerprint density at radius 1 is 1.33 bits per heavy atom. The number of hydrogen-bond acceptors (Lipinski definition) is 2. The second-order valence-electron chi connectivity index (χ2n) is 4.64. The van der Waals surface area contributed by atoms with Crippen LogP contribution in [0.2, 0.25) is 0 Å². The van der Waals surface area contributed by atoms with E-state index in [-0.39, 0.29) is 18.3 Å². The minimum Gasteiger partial charge on any atom is -0.483 e. The van der Waals surface area contributed by atoms with E-state index < -0.39 is 0 Å². The van der Waals surface area contributed by atoms with Gasteiger partial charge in [-0.05, 0) is 37.8 Å². The van der Waals surface area contributed by atoms with Gasteiger partial charge >= 0.3 is 0 Å². The topological polar surface area (TPSA) is 29.5 Å². The Morgan fingerprint density at radius 3 is 2.78 bits per heavy atom. The normalized spacial score (nSPS) is 15.6. The first-order valence-corrected chi connectivity index (χ1v) is 6.33. The van der Waals surface area contributed by atoms with Crippen molar-refractivity contribution >= 4 is 5.91 Å². The zero-order chi connectivity index (χ0) is 13.0. The molecule has 2 rings (SSSR count). The van der Waals surface area contributed by atoms with E-state index in [1.54, 1.807) is 6.07 Å². The number of likely N-dealkylation sites (tertiary alicyclic amines) is 1. The van der Waals surface area contributed by atoms with Gasteiger partial charge in [-0.25, -0.2) is 4.39 Å². The summed E-state index contributed by atoms with van der Waals surface area (Å²) in [7, 11) is 0. The summed E-state index contributed by atoms with van der Waals surface area (Å²) in [5, 5.41) is 0. The fourth-order valence-corrected chi connectivity index (χ4v) is 2.10. The van der Waals surface area contributed by atoms with Crippen LogP contribution < -0.4 is 4.74 Å². The Hall–Kier alpha value is -1.58. The van der Waals surface area contributed by atoms with Crippen LogP contribution in [0.3, 0.4) is 0 Å². The van der Waals surface area contributed by atoms with Crippen molar-refractivity contribution < 1.29 is 13.9 Å². The molecule has 1 aliphatic rings. The molecule has 0 atom stereocenters. The van der Waals surface area contributed by atoms with Crippen molar-refractivity contribution in [3.8, 4) is 5.75 Å². The molecule has 1 heterocycles. The zero-order valence-electron chi connectivity index (χ0n) is 10.6. The summed E-state index contributed by atoms with van der Waals surface area (Å²) in [6.07, 6.45) is 3.31. The fourth-order valence-electron chi connectivity index (χ4n) is 2.10. The van der Waals surface area contributed by atoms with E-state index in [2.05, 4.69) is 0 Å². The Morgan fingerprint density at radius 2 is 2.06 bits per heavy atom. The molecule has 0 saturated carbocycles. The Labute approximate surface area is 107 Å². The molecule has 0 unspecified atom stereocenters. The molecule has 98 valence electrons. The van der Waals surface area contributed by atoms with Crippen LogP contribution in [0.25, 0.3) is 0 Å². The molecule has 3 nitrogen and oxygen atoms in total. The predicted molar refractivity (Wildman–Crippen MR) is 67.1 cm³/mol. The van der Waals surface area contributed by atoms with Gasteiger partial charge in [0.15, 0.2) is 6.61 Å². The average Bonchev–Trinajstić information content (AvgIpc) is 2.40. The number of ether oxygens (including phenoxy) is 1. The summed E-state index contributed by atoms with van der Waals surface area (Å²) in [5.41, 5.74) is 0.836. The number of nitrogens with zero attached hydrogens (tertiary/aromatic N) is 1. The van der Waals surface area contributed by atoms with Crippen LogP contribution in [0.1, 0.15) is 24.8 Å². The molecular formula is C14H18FNO2. The van der Waals surface area contributed by atoms with E-state index in [1.165, 1.54) is 18.6 Å². The van der Waals surface area contributed by atoms with E-state index in [9.17, 15) is 9.18 Å². The lowest BCUT2D eigenvalue weighted by Crippen LogP contribution is -2.38. The number of piperidine rings is 1. The quantitative estimate of drug-likeness (QED) is 0.826. The maximum Gasteiger partial charge on any atom is 0.260 e. The molecule has 1 aliphatic heterocycles. The van der Waals surface area contributed by atoms with Crippen LogP contribution >= 0.6 is 0 Å². The SMILES string of the molecule is Cc1ccc(F)cc1OCC(=O)N1CCCCC1. The lowest BCUT2D eigenvalue weighted by molar-refractivity contribution is -0.134. The minimum absolute atomic E-state index is 0.00963. The van der Waals surface area contributed by atoms with Gasteiger partial charge in [0, 0.05) is 19.2 Å². The molecule has 0 radical (unpaired) electrons. The van der Waals surface area contributed by atoms with Crippen molar-refractivity contribution in [2.45, 2.75) is 26.2 Å². The molecule has 4 heteroatoms. The number of hydrogen-bond donors (Lipinski definition) is 0. The Kier molecular flexibility index (Phi) is 4.18. The fraction of sp³-hybridized carbons (Fsp3) is 0.500. The van der Waals surface area contributed by atoms with E-state index in [4.69, 9.17) is 4.74 Å². The second kappa shape index (κ2) is 5.85. The van der Waals surface area contributed by atoms with Crippen LogP contribution in [-0.2, 0) is 4.79 Å². The van der Waals surface area contributed by atoms with Crippen molar-refractivity contribution in [2.24, 2.45) is 0 Å². The molecule has 0 spiro atoms. The number of amides is 1. The molecule has 1 fully saturated rings.